The maximum Gasteiger partial charge on any atom is 0.144 e. The Morgan fingerprint density at radius 2 is 1.37 bits per heavy atom. The molecule has 4 aliphatic carbocycles. The number of ketones is 2. The topological polar surface area (TPSA) is 74.6 Å². The molecule has 0 aromatic heterocycles. The second-order valence-electron chi connectivity index (χ2n) is 12.6. The van der Waals surface area contributed by atoms with Gasteiger partial charge in [-0.15, -0.1) is 0 Å². The highest BCUT2D eigenvalue weighted by Gasteiger charge is 2.52. The number of aliphatic hydroxyl groups excluding tert-OH is 2. The molecule has 4 heteroatoms. The van der Waals surface area contributed by atoms with Crippen LogP contribution in [-0.4, -0.2) is 34.5 Å². The minimum atomic E-state index is -0.739. The van der Waals surface area contributed by atoms with Gasteiger partial charge in [0, 0.05) is 6.42 Å². The second kappa shape index (κ2) is 9.73. The molecule has 4 saturated carbocycles. The molecule has 198 valence electrons. The summed E-state index contributed by atoms with van der Waals surface area (Å²) in [6.07, 6.45) is 7.64. The van der Waals surface area contributed by atoms with E-state index < -0.39 is 12.0 Å². The summed E-state index contributed by atoms with van der Waals surface area (Å²) in [6.45, 7) is 2.73. The summed E-state index contributed by atoms with van der Waals surface area (Å²) in [4.78, 5) is 24.2. The van der Waals surface area contributed by atoms with Crippen LogP contribution in [-0.2, 0) is 21.4 Å². The van der Waals surface area contributed by atoms with Crippen LogP contribution < -0.4 is 0 Å². The van der Waals surface area contributed by atoms with Crippen LogP contribution in [0.25, 0.3) is 21.9 Å². The van der Waals surface area contributed by atoms with Gasteiger partial charge in [0.15, 0.2) is 0 Å². The average molecular weight is 511 g/mol. The highest BCUT2D eigenvalue weighted by molar-refractivity contribution is 6.06. The fraction of sp³-hybridized carbons (Fsp3) is 0.471. The molecule has 2 N–H and O–H groups in total. The Labute approximate surface area is 225 Å². The molecular formula is C34H38O4. The SMILES string of the molecule is CC(=O)C(C(C)=O)c1ccc2cc(-c3ccc(CC(O)CO)c(C45CC6CC(CC(C6)C4)C5)c3)ccc2c1. The lowest BCUT2D eigenvalue weighted by atomic mass is 9.47. The van der Waals surface area contributed by atoms with Gasteiger partial charge in [0.05, 0.1) is 12.7 Å². The minimum absolute atomic E-state index is 0.128. The van der Waals surface area contributed by atoms with Crippen LogP contribution in [0.5, 0.6) is 0 Å². The molecule has 1 unspecified atom stereocenters. The van der Waals surface area contributed by atoms with Crippen LogP contribution in [0.2, 0.25) is 0 Å². The van der Waals surface area contributed by atoms with E-state index >= 15 is 0 Å². The van der Waals surface area contributed by atoms with E-state index in [2.05, 4.69) is 36.4 Å². The summed E-state index contributed by atoms with van der Waals surface area (Å²) < 4.78 is 0. The molecule has 38 heavy (non-hydrogen) atoms. The van der Waals surface area contributed by atoms with Crippen molar-refractivity contribution in [2.45, 2.75) is 76.2 Å². The quantitative estimate of drug-likeness (QED) is 0.358. The third kappa shape index (κ3) is 4.52. The molecule has 0 radical (unpaired) electrons. The molecule has 7 rings (SSSR count). The number of hydrogen-bond acceptors (Lipinski definition) is 4. The van der Waals surface area contributed by atoms with Crippen LogP contribution in [0, 0.1) is 17.8 Å². The number of hydrogen-bond donors (Lipinski definition) is 2. The molecule has 0 heterocycles. The van der Waals surface area contributed by atoms with Crippen molar-refractivity contribution >= 4 is 22.3 Å². The van der Waals surface area contributed by atoms with E-state index in [0.717, 1.165) is 39.7 Å². The first-order valence-corrected chi connectivity index (χ1v) is 14.2. The van der Waals surface area contributed by atoms with Gasteiger partial charge in [0.2, 0.25) is 0 Å². The maximum absolute atomic E-state index is 12.1. The van der Waals surface area contributed by atoms with Crippen LogP contribution in [0.4, 0.5) is 0 Å². The van der Waals surface area contributed by atoms with E-state index in [0.29, 0.717) is 6.42 Å². The molecule has 0 aliphatic heterocycles. The Bertz CT molecular complexity index is 1350. The van der Waals surface area contributed by atoms with Crippen molar-refractivity contribution < 1.29 is 19.8 Å². The lowest BCUT2D eigenvalue weighted by molar-refractivity contribution is -0.126. The molecule has 3 aromatic carbocycles. The molecular weight excluding hydrogens is 472 g/mol. The molecule has 0 amide bonds. The van der Waals surface area contributed by atoms with Gasteiger partial charge in [-0.05, 0) is 126 Å². The van der Waals surface area contributed by atoms with Gasteiger partial charge in [-0.1, -0.05) is 42.5 Å². The monoisotopic (exact) mass is 510 g/mol. The zero-order valence-electron chi connectivity index (χ0n) is 22.5. The lowest BCUT2D eigenvalue weighted by Crippen LogP contribution is -2.49. The standard InChI is InChI=1S/C34H38O4/c1-20(36)33(21(2)37)30-8-6-25-12-26(3-4-27(25)13-30)28-5-7-29(14-31(38)19-35)32(15-28)34-16-22-9-23(17-34)11-24(10-22)18-34/h3-8,12-13,15,22-24,31,33,35,38H,9-11,14,16-19H2,1-2H3. The van der Waals surface area contributed by atoms with E-state index in [1.165, 1.54) is 69.1 Å². The predicted molar refractivity (Wildman–Crippen MR) is 150 cm³/mol. The molecule has 0 saturated heterocycles. The summed E-state index contributed by atoms with van der Waals surface area (Å²) >= 11 is 0. The van der Waals surface area contributed by atoms with E-state index in [9.17, 15) is 19.8 Å². The first-order chi connectivity index (χ1) is 18.2. The molecule has 3 aromatic rings. The summed E-state index contributed by atoms with van der Waals surface area (Å²) in [5.41, 5.74) is 5.83. The smallest absolute Gasteiger partial charge is 0.144 e. The van der Waals surface area contributed by atoms with Crippen molar-refractivity contribution in [1.29, 1.82) is 0 Å². The molecule has 4 fully saturated rings. The van der Waals surface area contributed by atoms with Gasteiger partial charge < -0.3 is 10.2 Å². The summed E-state index contributed by atoms with van der Waals surface area (Å²) in [6, 6.07) is 19.0. The third-order valence-corrected chi connectivity index (χ3v) is 9.73. The number of benzene rings is 3. The number of aliphatic hydroxyl groups is 2. The summed E-state index contributed by atoms with van der Waals surface area (Å²) in [5, 5.41) is 22.0. The van der Waals surface area contributed by atoms with E-state index in [-0.39, 0.29) is 23.6 Å². The molecule has 1 atom stereocenters. The van der Waals surface area contributed by atoms with Gasteiger partial charge in [-0.25, -0.2) is 0 Å². The van der Waals surface area contributed by atoms with Crippen molar-refractivity contribution in [2.75, 3.05) is 6.61 Å². The van der Waals surface area contributed by atoms with Crippen molar-refractivity contribution in [2.24, 2.45) is 17.8 Å². The first-order valence-electron chi connectivity index (χ1n) is 14.2. The number of Topliss-reactive ketones (excluding diaryl/α,β-unsaturated/α-hetero) is 2. The van der Waals surface area contributed by atoms with Crippen LogP contribution >= 0.6 is 0 Å². The average Bonchev–Trinajstić information content (AvgIpc) is 2.87. The molecule has 4 aliphatic rings. The van der Waals surface area contributed by atoms with Crippen molar-refractivity contribution in [3.05, 3.63) is 71.3 Å². The first kappa shape index (κ1) is 25.5. The minimum Gasteiger partial charge on any atom is -0.394 e. The number of carbonyl (C=O) groups excluding carboxylic acids is 2. The normalized spacial score (nSPS) is 26.7. The zero-order valence-corrected chi connectivity index (χ0v) is 22.5. The van der Waals surface area contributed by atoms with Crippen molar-refractivity contribution in [1.82, 2.24) is 0 Å². The highest BCUT2D eigenvalue weighted by Crippen LogP contribution is 2.61. The van der Waals surface area contributed by atoms with Gasteiger partial charge in [-0.2, -0.15) is 0 Å². The summed E-state index contributed by atoms with van der Waals surface area (Å²) in [7, 11) is 0. The third-order valence-electron chi connectivity index (χ3n) is 9.73. The Balaban J connectivity index is 1.40. The van der Waals surface area contributed by atoms with Gasteiger partial charge in [0.1, 0.15) is 17.5 Å². The summed E-state index contributed by atoms with van der Waals surface area (Å²) in [5.74, 6) is 1.51. The van der Waals surface area contributed by atoms with Crippen LogP contribution in [0.1, 0.15) is 75.0 Å². The Hall–Kier alpha value is -2.82. The van der Waals surface area contributed by atoms with E-state index in [1.54, 1.807) is 0 Å². The van der Waals surface area contributed by atoms with Crippen molar-refractivity contribution in [3.8, 4) is 11.1 Å². The van der Waals surface area contributed by atoms with Gasteiger partial charge in [0.25, 0.3) is 0 Å². The Morgan fingerprint density at radius 3 is 1.97 bits per heavy atom. The van der Waals surface area contributed by atoms with Gasteiger partial charge >= 0.3 is 0 Å². The Kier molecular flexibility index (Phi) is 6.52. The number of fused-ring (bicyclic) bond motifs is 1. The largest absolute Gasteiger partial charge is 0.394 e. The molecule has 4 nitrogen and oxygen atoms in total. The second-order valence-corrected chi connectivity index (χ2v) is 12.6. The number of rotatable bonds is 8. The van der Waals surface area contributed by atoms with E-state index in [1.807, 2.05) is 18.2 Å². The predicted octanol–water partition coefficient (Wildman–Crippen LogP) is 6.13. The van der Waals surface area contributed by atoms with Crippen molar-refractivity contribution in [3.63, 3.8) is 0 Å². The zero-order chi connectivity index (χ0) is 26.6. The maximum atomic E-state index is 12.1. The van der Waals surface area contributed by atoms with E-state index in [4.69, 9.17) is 0 Å². The fourth-order valence-corrected chi connectivity index (χ4v) is 8.57. The highest BCUT2D eigenvalue weighted by atomic mass is 16.3. The number of carbonyl (C=O) groups is 2. The molecule has 0 spiro atoms. The van der Waals surface area contributed by atoms with Gasteiger partial charge in [-0.3, -0.25) is 9.59 Å². The fourth-order valence-electron chi connectivity index (χ4n) is 8.57. The Morgan fingerprint density at radius 1 is 0.816 bits per heavy atom. The van der Waals surface area contributed by atoms with Crippen LogP contribution in [0.15, 0.2) is 54.6 Å². The lowest BCUT2D eigenvalue weighted by Gasteiger charge is -2.57. The molecule has 4 bridgehead atoms. The van der Waals surface area contributed by atoms with Crippen LogP contribution in [0.3, 0.4) is 0 Å².